The Morgan fingerprint density at radius 1 is 1.07 bits per heavy atom. The zero-order valence-corrected chi connectivity index (χ0v) is 26.1. The number of rotatable bonds is 11. The molecule has 0 saturated heterocycles. The average Bonchev–Trinajstić information content (AvgIpc) is 3.47. The van der Waals surface area contributed by atoms with Gasteiger partial charge in [-0.1, -0.05) is 36.4 Å². The number of carbonyl (C=O) groups excluding carboxylic acids is 2. The van der Waals surface area contributed by atoms with Gasteiger partial charge in [-0.05, 0) is 85.2 Å². The van der Waals surface area contributed by atoms with Crippen LogP contribution in [0.1, 0.15) is 41.5 Å². The van der Waals surface area contributed by atoms with Gasteiger partial charge < -0.3 is 20.3 Å². The summed E-state index contributed by atoms with van der Waals surface area (Å²) in [7, 11) is -4.32. The molecule has 3 aromatic carbocycles. The molecule has 0 aliphatic carbocycles. The molecule has 0 spiro atoms. The van der Waals surface area contributed by atoms with Crippen molar-refractivity contribution >= 4 is 33.4 Å². The molecule has 0 unspecified atom stereocenters. The van der Waals surface area contributed by atoms with E-state index in [4.69, 9.17) is 9.29 Å². The number of nitrogens with one attached hydrogen (secondary N) is 2. The standard InChI is InChI=1S/C33H37N5O6S/c1-23-8-3-14-31(24(23)2)44-17-7-15-32(39)38-16-6-12-29-28(11-5-13-30(29)38)26-19-35-37(21-26)20-25-9-4-10-27(18-25)36-33(40)34-22-45(41,42)43/h3-5,8-11,13-14,18-19,21H,6-7,12,15-17,20,22H2,1-2H3,(H2,34,36,40)(H,41,42,43). The van der Waals surface area contributed by atoms with Gasteiger partial charge in [0.2, 0.25) is 5.91 Å². The summed E-state index contributed by atoms with van der Waals surface area (Å²) in [5, 5.41) is 9.19. The van der Waals surface area contributed by atoms with E-state index in [9.17, 15) is 18.0 Å². The molecule has 236 valence electrons. The van der Waals surface area contributed by atoms with Gasteiger partial charge in [-0.3, -0.25) is 14.0 Å². The Morgan fingerprint density at radius 3 is 2.69 bits per heavy atom. The van der Waals surface area contributed by atoms with Crippen LogP contribution in [0.15, 0.2) is 73.1 Å². The van der Waals surface area contributed by atoms with Crippen LogP contribution >= 0.6 is 0 Å². The fourth-order valence-electron chi connectivity index (χ4n) is 5.43. The van der Waals surface area contributed by atoms with Crippen LogP contribution in [0.3, 0.4) is 0 Å². The molecule has 0 radical (unpaired) electrons. The first-order chi connectivity index (χ1) is 21.6. The fraction of sp³-hybridized carbons (Fsp3) is 0.303. The molecule has 12 heteroatoms. The lowest BCUT2D eigenvalue weighted by Crippen LogP contribution is -2.35. The average molecular weight is 632 g/mol. The van der Waals surface area contributed by atoms with Crippen molar-refractivity contribution in [2.45, 2.75) is 46.1 Å². The number of carbonyl (C=O) groups is 2. The second-order valence-electron chi connectivity index (χ2n) is 11.1. The minimum atomic E-state index is -4.32. The predicted octanol–water partition coefficient (Wildman–Crippen LogP) is 5.32. The summed E-state index contributed by atoms with van der Waals surface area (Å²) >= 11 is 0. The maximum atomic E-state index is 13.3. The van der Waals surface area contributed by atoms with Crippen LogP contribution in [0.2, 0.25) is 0 Å². The Balaban J connectivity index is 1.21. The molecule has 3 amide bonds. The van der Waals surface area contributed by atoms with Gasteiger partial charge in [-0.2, -0.15) is 13.5 Å². The zero-order chi connectivity index (χ0) is 32.0. The van der Waals surface area contributed by atoms with Gasteiger partial charge in [-0.15, -0.1) is 0 Å². The number of hydrogen-bond acceptors (Lipinski definition) is 6. The van der Waals surface area contributed by atoms with Crippen molar-refractivity contribution in [2.24, 2.45) is 0 Å². The Hall–Kier alpha value is -4.68. The first-order valence-corrected chi connectivity index (χ1v) is 16.4. The fourth-order valence-corrected chi connectivity index (χ4v) is 5.74. The van der Waals surface area contributed by atoms with E-state index in [-0.39, 0.29) is 5.91 Å². The van der Waals surface area contributed by atoms with Crippen molar-refractivity contribution < 1.29 is 27.3 Å². The summed E-state index contributed by atoms with van der Waals surface area (Å²) in [4.78, 5) is 27.2. The number of ether oxygens (including phenoxy) is 1. The molecular formula is C33H37N5O6S. The lowest BCUT2D eigenvalue weighted by Gasteiger charge is -2.31. The van der Waals surface area contributed by atoms with E-state index >= 15 is 0 Å². The van der Waals surface area contributed by atoms with Crippen molar-refractivity contribution in [1.29, 1.82) is 0 Å². The Bertz CT molecular complexity index is 1800. The van der Waals surface area contributed by atoms with Crippen molar-refractivity contribution in [2.75, 3.05) is 29.2 Å². The van der Waals surface area contributed by atoms with Crippen LogP contribution in [0, 0.1) is 13.8 Å². The minimum Gasteiger partial charge on any atom is -0.493 e. The number of amides is 3. The molecular weight excluding hydrogens is 594 g/mol. The van der Waals surface area contributed by atoms with E-state index in [0.29, 0.717) is 38.2 Å². The molecule has 2 heterocycles. The lowest BCUT2D eigenvalue weighted by atomic mass is 9.93. The van der Waals surface area contributed by atoms with Gasteiger partial charge in [0.05, 0.1) is 19.3 Å². The highest BCUT2D eigenvalue weighted by molar-refractivity contribution is 7.85. The van der Waals surface area contributed by atoms with E-state index in [1.54, 1.807) is 22.9 Å². The van der Waals surface area contributed by atoms with Gasteiger partial charge in [-0.25, -0.2) is 4.79 Å². The molecule has 5 rings (SSSR count). The van der Waals surface area contributed by atoms with E-state index in [0.717, 1.165) is 52.1 Å². The molecule has 45 heavy (non-hydrogen) atoms. The van der Waals surface area contributed by atoms with Crippen molar-refractivity contribution in [3.63, 3.8) is 0 Å². The van der Waals surface area contributed by atoms with Gasteiger partial charge in [0.1, 0.15) is 11.6 Å². The normalized spacial score (nSPS) is 12.8. The van der Waals surface area contributed by atoms with Crippen LogP contribution in [-0.2, 0) is 27.9 Å². The van der Waals surface area contributed by atoms with E-state index in [1.165, 1.54) is 5.56 Å². The topological polar surface area (TPSA) is 143 Å². The number of hydrogen-bond donors (Lipinski definition) is 3. The number of urea groups is 1. The Labute approximate surface area is 263 Å². The monoisotopic (exact) mass is 631 g/mol. The third kappa shape index (κ3) is 8.28. The van der Waals surface area contributed by atoms with Gasteiger partial charge in [0, 0.05) is 36.1 Å². The quantitative estimate of drug-likeness (QED) is 0.150. The summed E-state index contributed by atoms with van der Waals surface area (Å²) in [5.41, 5.74) is 7.69. The molecule has 0 atom stereocenters. The second-order valence-corrected chi connectivity index (χ2v) is 12.5. The number of fused-ring (bicyclic) bond motifs is 1. The van der Waals surface area contributed by atoms with Gasteiger partial charge in [0.25, 0.3) is 10.1 Å². The zero-order valence-electron chi connectivity index (χ0n) is 25.3. The molecule has 11 nitrogen and oxygen atoms in total. The van der Waals surface area contributed by atoms with Gasteiger partial charge >= 0.3 is 6.03 Å². The molecule has 1 aliphatic rings. The molecule has 0 fully saturated rings. The summed E-state index contributed by atoms with van der Waals surface area (Å²) in [6.07, 6.45) is 6.55. The highest BCUT2D eigenvalue weighted by Crippen LogP contribution is 2.36. The molecule has 0 saturated carbocycles. The molecule has 1 aromatic heterocycles. The summed E-state index contributed by atoms with van der Waals surface area (Å²) in [6, 6.07) is 18.4. The minimum absolute atomic E-state index is 0.0912. The lowest BCUT2D eigenvalue weighted by molar-refractivity contribution is -0.118. The SMILES string of the molecule is Cc1cccc(OCCCC(=O)N2CCCc3c(-c4cnn(Cc5cccc(NC(=O)NCS(=O)(=O)O)c5)c4)cccc32)c1C. The molecule has 1 aliphatic heterocycles. The summed E-state index contributed by atoms with van der Waals surface area (Å²) in [5.74, 6) is 0.0717. The van der Waals surface area contributed by atoms with Crippen LogP contribution in [0.25, 0.3) is 11.1 Å². The van der Waals surface area contributed by atoms with Crippen LogP contribution in [0.5, 0.6) is 5.75 Å². The van der Waals surface area contributed by atoms with Crippen LogP contribution in [0.4, 0.5) is 16.2 Å². The first kappa shape index (κ1) is 31.7. The smallest absolute Gasteiger partial charge is 0.320 e. The molecule has 4 aromatic rings. The molecule has 3 N–H and O–H groups in total. The second kappa shape index (κ2) is 14.0. The molecule has 0 bridgehead atoms. The maximum absolute atomic E-state index is 13.3. The van der Waals surface area contributed by atoms with Crippen LogP contribution < -0.4 is 20.3 Å². The third-order valence-electron chi connectivity index (χ3n) is 7.79. The predicted molar refractivity (Wildman–Crippen MR) is 173 cm³/mol. The third-order valence-corrected chi connectivity index (χ3v) is 8.30. The Morgan fingerprint density at radius 2 is 1.87 bits per heavy atom. The van der Waals surface area contributed by atoms with Crippen LogP contribution in [-0.4, -0.2) is 53.7 Å². The van der Waals surface area contributed by atoms with Crippen molar-refractivity contribution in [3.05, 3.63) is 95.3 Å². The largest absolute Gasteiger partial charge is 0.493 e. The maximum Gasteiger partial charge on any atom is 0.320 e. The number of nitrogens with zero attached hydrogens (tertiary/aromatic N) is 3. The number of anilines is 2. The highest BCUT2D eigenvalue weighted by Gasteiger charge is 2.25. The van der Waals surface area contributed by atoms with Crippen molar-refractivity contribution in [1.82, 2.24) is 15.1 Å². The van der Waals surface area contributed by atoms with E-state index < -0.39 is 22.0 Å². The number of aromatic nitrogens is 2. The van der Waals surface area contributed by atoms with E-state index in [1.807, 2.05) is 54.5 Å². The summed E-state index contributed by atoms with van der Waals surface area (Å²) < 4.78 is 38.3. The number of aryl methyl sites for hydroxylation is 1. The highest BCUT2D eigenvalue weighted by atomic mass is 32.2. The van der Waals surface area contributed by atoms with E-state index in [2.05, 4.69) is 34.8 Å². The first-order valence-electron chi connectivity index (χ1n) is 14.8. The van der Waals surface area contributed by atoms with Crippen molar-refractivity contribution in [3.8, 4) is 16.9 Å². The summed E-state index contributed by atoms with van der Waals surface area (Å²) in [6.45, 7) is 5.70. The van der Waals surface area contributed by atoms with Gasteiger partial charge in [0.15, 0.2) is 0 Å². The Kier molecular flexibility index (Phi) is 9.84. The number of benzene rings is 3.